The molecule has 0 bridgehead atoms. The third-order valence-corrected chi connectivity index (χ3v) is 5.50. The van der Waals surface area contributed by atoms with Gasteiger partial charge in [-0.2, -0.15) is 0 Å². The van der Waals surface area contributed by atoms with E-state index in [4.69, 9.17) is 14.2 Å². The number of nitrogens with zero attached hydrogens (tertiary/aromatic N) is 1. The van der Waals surface area contributed by atoms with Crippen molar-refractivity contribution in [3.8, 4) is 11.5 Å². The van der Waals surface area contributed by atoms with Crippen LogP contribution in [0.1, 0.15) is 37.7 Å². The fraction of sp³-hybridized carbons (Fsp3) is 0.700. The molecule has 1 aromatic rings. The van der Waals surface area contributed by atoms with E-state index in [1.165, 1.54) is 24.8 Å². The molecule has 1 heterocycles. The van der Waals surface area contributed by atoms with Crippen LogP contribution in [0.4, 0.5) is 0 Å². The molecule has 1 aliphatic carbocycles. The number of β-amino-alcohol motifs (C(OH)–C–C–N with tert-alkyl or cyclic N) is 1. The number of likely N-dealkylation sites (tertiary alicyclic amines) is 1. The number of aliphatic hydroxyl groups excluding tert-OH is 1. The van der Waals surface area contributed by atoms with E-state index in [9.17, 15) is 5.11 Å². The van der Waals surface area contributed by atoms with Gasteiger partial charge in [0.2, 0.25) is 0 Å². The molecule has 2 aliphatic rings. The summed E-state index contributed by atoms with van der Waals surface area (Å²) in [5.41, 5.74) is 1.20. The van der Waals surface area contributed by atoms with E-state index in [1.54, 1.807) is 14.2 Å². The van der Waals surface area contributed by atoms with Gasteiger partial charge in [0.1, 0.15) is 0 Å². The van der Waals surface area contributed by atoms with Crippen molar-refractivity contribution in [1.29, 1.82) is 0 Å². The van der Waals surface area contributed by atoms with Crippen molar-refractivity contribution in [2.45, 2.75) is 56.8 Å². The van der Waals surface area contributed by atoms with Crippen LogP contribution in [0.25, 0.3) is 0 Å². The number of rotatable bonds is 7. The zero-order chi connectivity index (χ0) is 17.6. The van der Waals surface area contributed by atoms with Crippen LogP contribution in [0, 0.1) is 0 Å². The highest BCUT2D eigenvalue weighted by Gasteiger charge is 2.34. The van der Waals surface area contributed by atoms with Gasteiger partial charge in [-0.15, -0.1) is 0 Å². The van der Waals surface area contributed by atoms with Gasteiger partial charge in [0.05, 0.1) is 33.0 Å². The van der Waals surface area contributed by atoms with Crippen LogP contribution in [0.2, 0.25) is 0 Å². The van der Waals surface area contributed by atoms with Crippen LogP contribution >= 0.6 is 0 Å². The molecule has 5 nitrogen and oxygen atoms in total. The van der Waals surface area contributed by atoms with E-state index in [0.717, 1.165) is 43.9 Å². The number of methoxy groups -OCH3 is 2. The lowest BCUT2D eigenvalue weighted by atomic mass is 9.91. The zero-order valence-corrected chi connectivity index (χ0v) is 15.4. The molecule has 0 aromatic heterocycles. The number of aliphatic hydroxyl groups is 1. The third-order valence-electron chi connectivity index (χ3n) is 5.50. The Morgan fingerprint density at radius 2 is 1.88 bits per heavy atom. The average Bonchev–Trinajstić information content (AvgIpc) is 3.08. The molecule has 3 atom stereocenters. The van der Waals surface area contributed by atoms with E-state index >= 15 is 0 Å². The minimum absolute atomic E-state index is 0.158. The van der Waals surface area contributed by atoms with Gasteiger partial charge in [-0.1, -0.05) is 18.9 Å². The molecule has 1 aromatic carbocycles. The smallest absolute Gasteiger partial charge is 0.160 e. The molecular formula is C20H31NO4. The van der Waals surface area contributed by atoms with Crippen LogP contribution in [-0.4, -0.2) is 62.2 Å². The maximum atomic E-state index is 9.83. The number of benzene rings is 1. The van der Waals surface area contributed by atoms with Crippen LogP contribution in [0.3, 0.4) is 0 Å². The molecule has 1 aliphatic heterocycles. The third kappa shape index (κ3) is 4.66. The molecule has 25 heavy (non-hydrogen) atoms. The molecule has 0 radical (unpaired) electrons. The van der Waals surface area contributed by atoms with Gasteiger partial charge in [-0.25, -0.2) is 0 Å². The first-order chi connectivity index (χ1) is 12.2. The summed E-state index contributed by atoms with van der Waals surface area (Å²) in [6, 6.07) is 6.51. The van der Waals surface area contributed by atoms with Crippen molar-refractivity contribution >= 4 is 0 Å². The highest BCUT2D eigenvalue weighted by Crippen LogP contribution is 2.30. The Hall–Kier alpha value is -1.30. The summed E-state index contributed by atoms with van der Waals surface area (Å²) < 4.78 is 16.9. The van der Waals surface area contributed by atoms with Crippen molar-refractivity contribution in [2.75, 3.05) is 33.9 Å². The summed E-state index contributed by atoms with van der Waals surface area (Å²) in [4.78, 5) is 2.44. The standard InChI is InChI=1S/C20H31NO4/c1-23-19-8-7-15(13-20(19)24-2)10-12-25-18-6-4-3-5-17(18)21-11-9-16(22)14-21/h7-8,13,16-18,22H,3-6,9-12,14H2,1-2H3. The summed E-state index contributed by atoms with van der Waals surface area (Å²) in [7, 11) is 3.31. The van der Waals surface area contributed by atoms with Gasteiger partial charge < -0.3 is 19.3 Å². The van der Waals surface area contributed by atoms with Gasteiger partial charge in [0, 0.05) is 19.1 Å². The fourth-order valence-corrected chi connectivity index (χ4v) is 4.12. The summed E-state index contributed by atoms with van der Waals surface area (Å²) in [5, 5.41) is 9.83. The van der Waals surface area contributed by atoms with Crippen LogP contribution < -0.4 is 9.47 Å². The van der Waals surface area contributed by atoms with Crippen molar-refractivity contribution < 1.29 is 19.3 Å². The normalized spacial score (nSPS) is 27.4. The lowest BCUT2D eigenvalue weighted by Gasteiger charge is -2.37. The number of hydrogen-bond donors (Lipinski definition) is 1. The Kier molecular flexibility index (Phi) is 6.57. The Bertz CT molecular complexity index is 550. The second-order valence-corrected chi connectivity index (χ2v) is 7.14. The quantitative estimate of drug-likeness (QED) is 0.820. The second kappa shape index (κ2) is 8.88. The van der Waals surface area contributed by atoms with Gasteiger partial charge in [0.25, 0.3) is 0 Å². The first kappa shape index (κ1) is 18.5. The van der Waals surface area contributed by atoms with Gasteiger partial charge in [-0.05, 0) is 43.4 Å². The molecule has 1 N–H and O–H groups in total. The Balaban J connectivity index is 1.53. The van der Waals surface area contributed by atoms with Gasteiger partial charge in [0.15, 0.2) is 11.5 Å². The summed E-state index contributed by atoms with van der Waals surface area (Å²) in [6.45, 7) is 2.52. The average molecular weight is 349 g/mol. The lowest BCUT2D eigenvalue weighted by Crippen LogP contribution is -2.46. The predicted molar refractivity (Wildman–Crippen MR) is 97.4 cm³/mol. The molecule has 2 fully saturated rings. The molecule has 5 heteroatoms. The largest absolute Gasteiger partial charge is 0.493 e. The molecular weight excluding hydrogens is 318 g/mol. The van der Waals surface area contributed by atoms with Gasteiger partial charge >= 0.3 is 0 Å². The number of hydrogen-bond acceptors (Lipinski definition) is 5. The SMILES string of the molecule is COc1ccc(CCOC2CCCCC2N2CCC(O)C2)cc1OC. The highest BCUT2D eigenvalue weighted by atomic mass is 16.5. The molecule has 1 saturated carbocycles. The maximum Gasteiger partial charge on any atom is 0.160 e. The van der Waals surface area contributed by atoms with Crippen LogP contribution in [0.5, 0.6) is 11.5 Å². The van der Waals surface area contributed by atoms with Crippen molar-refractivity contribution in [1.82, 2.24) is 4.90 Å². The van der Waals surface area contributed by atoms with Crippen molar-refractivity contribution in [2.24, 2.45) is 0 Å². The van der Waals surface area contributed by atoms with Crippen molar-refractivity contribution in [3.63, 3.8) is 0 Å². The summed E-state index contributed by atoms with van der Waals surface area (Å²) >= 11 is 0. The summed E-state index contributed by atoms with van der Waals surface area (Å²) in [6.07, 6.45) is 6.73. The first-order valence-corrected chi connectivity index (χ1v) is 9.46. The molecule has 140 valence electrons. The molecule has 0 amide bonds. The molecule has 3 unspecified atom stereocenters. The van der Waals surface area contributed by atoms with E-state index < -0.39 is 0 Å². The van der Waals surface area contributed by atoms with Crippen LogP contribution in [0.15, 0.2) is 18.2 Å². The Morgan fingerprint density at radius 1 is 1.08 bits per heavy atom. The first-order valence-electron chi connectivity index (χ1n) is 9.46. The Morgan fingerprint density at radius 3 is 2.60 bits per heavy atom. The van der Waals surface area contributed by atoms with E-state index in [0.29, 0.717) is 18.8 Å². The topological polar surface area (TPSA) is 51.2 Å². The minimum atomic E-state index is -0.158. The van der Waals surface area contributed by atoms with E-state index in [-0.39, 0.29) is 6.10 Å². The predicted octanol–water partition coefficient (Wildman–Crippen LogP) is 2.64. The van der Waals surface area contributed by atoms with Crippen LogP contribution in [-0.2, 0) is 11.2 Å². The van der Waals surface area contributed by atoms with E-state index in [1.807, 2.05) is 12.1 Å². The minimum Gasteiger partial charge on any atom is -0.493 e. The maximum absolute atomic E-state index is 9.83. The summed E-state index contributed by atoms with van der Waals surface area (Å²) in [5.74, 6) is 1.52. The lowest BCUT2D eigenvalue weighted by molar-refractivity contribution is -0.0316. The molecule has 0 spiro atoms. The Labute approximate surface area is 150 Å². The molecule has 3 rings (SSSR count). The fourth-order valence-electron chi connectivity index (χ4n) is 4.12. The monoisotopic (exact) mass is 349 g/mol. The zero-order valence-electron chi connectivity index (χ0n) is 15.4. The van der Waals surface area contributed by atoms with Crippen molar-refractivity contribution in [3.05, 3.63) is 23.8 Å². The second-order valence-electron chi connectivity index (χ2n) is 7.14. The van der Waals surface area contributed by atoms with E-state index in [2.05, 4.69) is 11.0 Å². The number of ether oxygens (including phenoxy) is 3. The molecule has 1 saturated heterocycles. The van der Waals surface area contributed by atoms with Gasteiger partial charge in [-0.3, -0.25) is 4.90 Å². The highest BCUT2D eigenvalue weighted by molar-refractivity contribution is 5.42.